The Morgan fingerprint density at radius 2 is 1.69 bits per heavy atom. The maximum absolute atomic E-state index is 5.72. The van der Waals surface area contributed by atoms with Crippen LogP contribution in [0.1, 0.15) is 31.9 Å². The summed E-state index contributed by atoms with van der Waals surface area (Å²) in [7, 11) is 0. The van der Waals surface area contributed by atoms with E-state index < -0.39 is 0 Å². The van der Waals surface area contributed by atoms with Gasteiger partial charge >= 0.3 is 0 Å². The second-order valence-corrected chi connectivity index (χ2v) is 5.95. The van der Waals surface area contributed by atoms with Gasteiger partial charge < -0.3 is 0 Å². The van der Waals surface area contributed by atoms with Crippen LogP contribution in [-0.2, 0) is 12.8 Å². The molecule has 88 valence electrons. The van der Waals surface area contributed by atoms with E-state index in [9.17, 15) is 0 Å². The van der Waals surface area contributed by atoms with Crippen molar-refractivity contribution < 1.29 is 0 Å². The number of hydrogen-bond acceptors (Lipinski definition) is 2. The van der Waals surface area contributed by atoms with Crippen molar-refractivity contribution in [2.45, 2.75) is 39.7 Å². The Bertz CT molecular complexity index is 340. The molecule has 1 aliphatic rings. The summed E-state index contributed by atoms with van der Waals surface area (Å²) in [5.41, 5.74) is 6.22. The van der Waals surface area contributed by atoms with Crippen LogP contribution in [0.25, 0.3) is 0 Å². The monoisotopic (exact) mass is 218 g/mol. The summed E-state index contributed by atoms with van der Waals surface area (Å²) in [6, 6.07) is 9.11. The third kappa shape index (κ3) is 2.13. The lowest BCUT2D eigenvalue weighted by Gasteiger charge is -2.34. The average Bonchev–Trinajstić information content (AvgIpc) is 2.59. The van der Waals surface area contributed by atoms with Crippen molar-refractivity contribution in [2.75, 3.05) is 0 Å². The molecule has 2 nitrogen and oxygen atoms in total. The standard InChI is InChI=1S/C14H22N2/c1-14(2,3)13(16-15)12-8-10-6-4-5-7-11(10)9-12/h4-7,12-13,16H,8-9,15H2,1-3H3. The van der Waals surface area contributed by atoms with Gasteiger partial charge in [-0.2, -0.15) is 0 Å². The molecule has 0 saturated heterocycles. The van der Waals surface area contributed by atoms with E-state index in [1.165, 1.54) is 11.1 Å². The van der Waals surface area contributed by atoms with Gasteiger partial charge in [0.1, 0.15) is 0 Å². The van der Waals surface area contributed by atoms with Gasteiger partial charge in [0.05, 0.1) is 0 Å². The second-order valence-electron chi connectivity index (χ2n) is 5.95. The van der Waals surface area contributed by atoms with Crippen LogP contribution in [0.4, 0.5) is 0 Å². The molecule has 0 bridgehead atoms. The number of nitrogens with one attached hydrogen (secondary N) is 1. The van der Waals surface area contributed by atoms with E-state index in [0.717, 1.165) is 12.8 Å². The first-order valence-electron chi connectivity index (χ1n) is 6.05. The van der Waals surface area contributed by atoms with E-state index in [0.29, 0.717) is 12.0 Å². The zero-order chi connectivity index (χ0) is 11.8. The molecule has 0 radical (unpaired) electrons. The number of nitrogens with two attached hydrogens (primary N) is 1. The summed E-state index contributed by atoms with van der Waals surface area (Å²) in [4.78, 5) is 0. The summed E-state index contributed by atoms with van der Waals surface area (Å²) in [5, 5.41) is 0. The molecule has 1 atom stereocenters. The smallest absolute Gasteiger partial charge is 0.0293 e. The molecule has 3 N–H and O–H groups in total. The molecular formula is C14H22N2. The van der Waals surface area contributed by atoms with Crippen molar-refractivity contribution in [1.82, 2.24) is 5.43 Å². The van der Waals surface area contributed by atoms with Gasteiger partial charge in [0.15, 0.2) is 0 Å². The minimum Gasteiger partial charge on any atom is -0.271 e. The van der Waals surface area contributed by atoms with E-state index in [1.54, 1.807) is 0 Å². The molecule has 0 fully saturated rings. The second kappa shape index (κ2) is 4.19. The molecule has 0 amide bonds. The van der Waals surface area contributed by atoms with Gasteiger partial charge in [0.2, 0.25) is 0 Å². The molecule has 0 spiro atoms. The number of benzene rings is 1. The number of hydrazine groups is 1. The Morgan fingerprint density at radius 1 is 1.19 bits per heavy atom. The zero-order valence-electron chi connectivity index (χ0n) is 10.5. The summed E-state index contributed by atoms with van der Waals surface area (Å²) in [5.74, 6) is 6.35. The van der Waals surface area contributed by atoms with Gasteiger partial charge in [0.25, 0.3) is 0 Å². The molecule has 1 aromatic carbocycles. The molecule has 1 aromatic rings. The van der Waals surface area contributed by atoms with Crippen LogP contribution in [0, 0.1) is 11.3 Å². The predicted octanol–water partition coefficient (Wildman–Crippen LogP) is 2.28. The Morgan fingerprint density at radius 3 is 2.06 bits per heavy atom. The molecular weight excluding hydrogens is 196 g/mol. The fourth-order valence-corrected chi connectivity index (χ4v) is 2.92. The van der Waals surface area contributed by atoms with Gasteiger partial charge in [-0.1, -0.05) is 45.0 Å². The Hall–Kier alpha value is -0.860. The van der Waals surface area contributed by atoms with Gasteiger partial charge in [0, 0.05) is 6.04 Å². The lowest BCUT2D eigenvalue weighted by molar-refractivity contribution is 0.198. The van der Waals surface area contributed by atoms with Crippen LogP contribution in [-0.4, -0.2) is 6.04 Å². The van der Waals surface area contributed by atoms with Crippen molar-refractivity contribution in [3.05, 3.63) is 35.4 Å². The first-order valence-corrected chi connectivity index (χ1v) is 6.05. The summed E-state index contributed by atoms with van der Waals surface area (Å²) < 4.78 is 0. The third-order valence-corrected chi connectivity index (χ3v) is 3.67. The number of fused-ring (bicyclic) bond motifs is 1. The summed E-state index contributed by atoms with van der Waals surface area (Å²) in [6.45, 7) is 6.75. The Kier molecular flexibility index (Phi) is 3.04. The molecule has 1 unspecified atom stereocenters. The van der Waals surface area contributed by atoms with Gasteiger partial charge in [-0.05, 0) is 35.3 Å². The van der Waals surface area contributed by atoms with Crippen LogP contribution in [0.15, 0.2) is 24.3 Å². The molecule has 16 heavy (non-hydrogen) atoms. The Labute approximate surface area is 98.2 Å². The quantitative estimate of drug-likeness (QED) is 0.590. The molecule has 0 heterocycles. The van der Waals surface area contributed by atoms with Crippen molar-refractivity contribution in [3.63, 3.8) is 0 Å². The van der Waals surface area contributed by atoms with Crippen molar-refractivity contribution in [3.8, 4) is 0 Å². The molecule has 2 rings (SSSR count). The first kappa shape index (κ1) is 11.6. The minimum atomic E-state index is 0.210. The van der Waals surface area contributed by atoms with Crippen LogP contribution < -0.4 is 11.3 Å². The minimum absolute atomic E-state index is 0.210. The average molecular weight is 218 g/mol. The highest BCUT2D eigenvalue weighted by Crippen LogP contribution is 2.34. The molecule has 0 saturated carbocycles. The highest BCUT2D eigenvalue weighted by atomic mass is 15.2. The zero-order valence-corrected chi connectivity index (χ0v) is 10.5. The van der Waals surface area contributed by atoms with E-state index in [2.05, 4.69) is 50.5 Å². The normalized spacial score (nSPS) is 18.5. The van der Waals surface area contributed by atoms with Crippen molar-refractivity contribution in [1.29, 1.82) is 0 Å². The van der Waals surface area contributed by atoms with Gasteiger partial charge in [-0.25, -0.2) is 0 Å². The SMILES string of the molecule is CC(C)(C)C(NN)C1Cc2ccccc2C1. The largest absolute Gasteiger partial charge is 0.271 e. The predicted molar refractivity (Wildman–Crippen MR) is 67.9 cm³/mol. The number of rotatable bonds is 2. The van der Waals surface area contributed by atoms with E-state index in [-0.39, 0.29) is 5.41 Å². The highest BCUT2D eigenvalue weighted by molar-refractivity contribution is 5.32. The van der Waals surface area contributed by atoms with Gasteiger partial charge in [-0.15, -0.1) is 0 Å². The van der Waals surface area contributed by atoms with E-state index in [1.807, 2.05) is 0 Å². The van der Waals surface area contributed by atoms with Crippen LogP contribution >= 0.6 is 0 Å². The lowest BCUT2D eigenvalue weighted by Crippen LogP contribution is -2.49. The maximum atomic E-state index is 5.72. The first-order chi connectivity index (χ1) is 7.52. The van der Waals surface area contributed by atoms with Crippen LogP contribution in [0.5, 0.6) is 0 Å². The maximum Gasteiger partial charge on any atom is 0.0293 e. The van der Waals surface area contributed by atoms with Gasteiger partial charge in [-0.3, -0.25) is 11.3 Å². The van der Waals surface area contributed by atoms with Crippen LogP contribution in [0.2, 0.25) is 0 Å². The van der Waals surface area contributed by atoms with Crippen LogP contribution in [0.3, 0.4) is 0 Å². The molecule has 1 aliphatic carbocycles. The lowest BCUT2D eigenvalue weighted by atomic mass is 9.78. The molecule has 2 heteroatoms. The highest BCUT2D eigenvalue weighted by Gasteiger charge is 2.34. The third-order valence-electron chi connectivity index (χ3n) is 3.67. The fourth-order valence-electron chi connectivity index (χ4n) is 2.92. The summed E-state index contributed by atoms with van der Waals surface area (Å²) in [6.07, 6.45) is 2.31. The Balaban J connectivity index is 2.16. The molecule has 0 aromatic heterocycles. The van der Waals surface area contributed by atoms with Crippen molar-refractivity contribution >= 4 is 0 Å². The van der Waals surface area contributed by atoms with E-state index in [4.69, 9.17) is 5.84 Å². The van der Waals surface area contributed by atoms with Crippen molar-refractivity contribution in [2.24, 2.45) is 17.2 Å². The summed E-state index contributed by atoms with van der Waals surface area (Å²) >= 11 is 0. The number of hydrogen-bond donors (Lipinski definition) is 2. The topological polar surface area (TPSA) is 38.0 Å². The molecule has 0 aliphatic heterocycles. The van der Waals surface area contributed by atoms with E-state index >= 15 is 0 Å². The fraction of sp³-hybridized carbons (Fsp3) is 0.571.